The lowest BCUT2D eigenvalue weighted by Crippen LogP contribution is -2.41. The first-order chi connectivity index (χ1) is 18.0. The highest BCUT2D eigenvalue weighted by Crippen LogP contribution is 2.27. The number of halogens is 1. The molecule has 1 amide bonds. The van der Waals surface area contributed by atoms with Gasteiger partial charge >= 0.3 is 0 Å². The SMILES string of the molecule is CC(C)(N)COCC(C)(C)Oc1ccc(NC(=O)c2cn(-c3ccccc3)nc2-c2ccc(Br)cc2)cc1. The summed E-state index contributed by atoms with van der Waals surface area (Å²) >= 11 is 3.47. The van der Waals surface area contributed by atoms with Crippen LogP contribution < -0.4 is 15.8 Å². The van der Waals surface area contributed by atoms with Crippen molar-refractivity contribution in [2.75, 3.05) is 18.5 Å². The summed E-state index contributed by atoms with van der Waals surface area (Å²) in [6, 6.07) is 24.7. The average Bonchev–Trinajstić information content (AvgIpc) is 3.31. The van der Waals surface area contributed by atoms with Gasteiger partial charge in [-0.2, -0.15) is 5.10 Å². The molecule has 0 atom stereocenters. The van der Waals surface area contributed by atoms with Crippen LogP contribution in [-0.4, -0.2) is 40.0 Å². The first-order valence-electron chi connectivity index (χ1n) is 12.4. The highest BCUT2D eigenvalue weighted by Gasteiger charge is 2.23. The van der Waals surface area contributed by atoms with E-state index in [0.29, 0.717) is 35.9 Å². The lowest BCUT2D eigenvalue weighted by molar-refractivity contribution is -0.0151. The normalized spacial score (nSPS) is 11.8. The molecule has 0 radical (unpaired) electrons. The fourth-order valence-corrected chi connectivity index (χ4v) is 4.05. The van der Waals surface area contributed by atoms with Crippen LogP contribution in [0.4, 0.5) is 5.69 Å². The van der Waals surface area contributed by atoms with Crippen molar-refractivity contribution >= 4 is 27.5 Å². The minimum absolute atomic E-state index is 0.253. The van der Waals surface area contributed by atoms with E-state index in [2.05, 4.69) is 21.2 Å². The second-order valence-electron chi connectivity index (χ2n) is 10.5. The van der Waals surface area contributed by atoms with Gasteiger partial charge in [0.15, 0.2) is 0 Å². The van der Waals surface area contributed by atoms with Gasteiger partial charge in [-0.15, -0.1) is 0 Å². The number of amides is 1. The van der Waals surface area contributed by atoms with Gasteiger partial charge in [-0.05, 0) is 76.2 Å². The summed E-state index contributed by atoms with van der Waals surface area (Å²) in [4.78, 5) is 13.4. The third-order valence-electron chi connectivity index (χ3n) is 5.53. The summed E-state index contributed by atoms with van der Waals surface area (Å²) in [7, 11) is 0. The Bertz CT molecular complexity index is 1360. The molecule has 1 aromatic heterocycles. The van der Waals surface area contributed by atoms with Crippen LogP contribution in [0.1, 0.15) is 38.1 Å². The number of nitrogens with zero attached hydrogens (tertiary/aromatic N) is 2. The fourth-order valence-electron chi connectivity index (χ4n) is 3.79. The number of aromatic nitrogens is 2. The number of anilines is 1. The van der Waals surface area contributed by atoms with Crippen molar-refractivity contribution in [3.63, 3.8) is 0 Å². The van der Waals surface area contributed by atoms with Crippen LogP contribution in [0.5, 0.6) is 5.75 Å². The van der Waals surface area contributed by atoms with Crippen molar-refractivity contribution in [3.05, 3.63) is 95.1 Å². The van der Waals surface area contributed by atoms with E-state index in [4.69, 9.17) is 20.3 Å². The number of ether oxygens (including phenoxy) is 2. The van der Waals surface area contributed by atoms with Gasteiger partial charge < -0.3 is 20.5 Å². The summed E-state index contributed by atoms with van der Waals surface area (Å²) < 4.78 is 14.5. The minimum atomic E-state index is -0.540. The topological polar surface area (TPSA) is 91.4 Å². The lowest BCUT2D eigenvalue weighted by atomic mass is 10.1. The Labute approximate surface area is 232 Å². The van der Waals surface area contributed by atoms with Crippen LogP contribution >= 0.6 is 15.9 Å². The zero-order chi connectivity index (χ0) is 27.3. The third kappa shape index (κ3) is 7.54. The molecule has 3 aromatic carbocycles. The van der Waals surface area contributed by atoms with E-state index in [1.807, 2.05) is 107 Å². The highest BCUT2D eigenvalue weighted by atomic mass is 79.9. The summed E-state index contributed by atoms with van der Waals surface area (Å²) in [5.41, 5.74) is 8.48. The summed E-state index contributed by atoms with van der Waals surface area (Å²) in [5.74, 6) is 0.424. The first-order valence-corrected chi connectivity index (χ1v) is 13.2. The number of nitrogens with two attached hydrogens (primary N) is 1. The molecule has 4 aromatic rings. The molecule has 7 nitrogen and oxygen atoms in total. The molecule has 0 unspecified atom stereocenters. The number of carbonyl (C=O) groups excluding carboxylic acids is 1. The third-order valence-corrected chi connectivity index (χ3v) is 6.06. The summed E-state index contributed by atoms with van der Waals surface area (Å²) in [5, 5.41) is 7.73. The molecule has 0 aliphatic rings. The molecule has 3 N–H and O–H groups in total. The zero-order valence-corrected chi connectivity index (χ0v) is 23.7. The van der Waals surface area contributed by atoms with Crippen LogP contribution in [0.3, 0.4) is 0 Å². The maximum absolute atomic E-state index is 13.4. The maximum atomic E-state index is 13.4. The van der Waals surface area contributed by atoms with Crippen LogP contribution in [0, 0.1) is 0 Å². The van der Waals surface area contributed by atoms with Crippen molar-refractivity contribution in [2.45, 2.75) is 38.8 Å². The molecule has 0 saturated heterocycles. The number of hydrogen-bond donors (Lipinski definition) is 2. The molecule has 0 aliphatic carbocycles. The molecule has 198 valence electrons. The van der Waals surface area contributed by atoms with E-state index in [-0.39, 0.29) is 5.91 Å². The Kier molecular flexibility index (Phi) is 8.35. The lowest BCUT2D eigenvalue weighted by Gasteiger charge is -2.28. The second-order valence-corrected chi connectivity index (χ2v) is 11.4. The minimum Gasteiger partial charge on any atom is -0.485 e. The number of nitrogens with one attached hydrogen (secondary N) is 1. The van der Waals surface area contributed by atoms with Gasteiger partial charge in [0.25, 0.3) is 5.91 Å². The molecule has 0 spiro atoms. The van der Waals surface area contributed by atoms with Crippen molar-refractivity contribution in [1.82, 2.24) is 9.78 Å². The smallest absolute Gasteiger partial charge is 0.259 e. The molecule has 0 saturated carbocycles. The van der Waals surface area contributed by atoms with E-state index in [0.717, 1.165) is 15.7 Å². The molecular formula is C30H33BrN4O3. The first kappa shape index (κ1) is 27.6. The van der Waals surface area contributed by atoms with Gasteiger partial charge in [0.1, 0.15) is 17.0 Å². The molecule has 0 fully saturated rings. The van der Waals surface area contributed by atoms with E-state index < -0.39 is 11.1 Å². The van der Waals surface area contributed by atoms with Gasteiger partial charge in [0.05, 0.1) is 24.5 Å². The number of benzene rings is 3. The van der Waals surface area contributed by atoms with Crippen molar-refractivity contribution in [1.29, 1.82) is 0 Å². The molecule has 0 aliphatic heterocycles. The average molecular weight is 578 g/mol. The van der Waals surface area contributed by atoms with Crippen molar-refractivity contribution < 1.29 is 14.3 Å². The molecule has 0 bridgehead atoms. The molecular weight excluding hydrogens is 544 g/mol. The predicted molar refractivity (Wildman–Crippen MR) is 155 cm³/mol. The van der Waals surface area contributed by atoms with Gasteiger partial charge in [0, 0.05) is 27.5 Å². The molecule has 4 rings (SSSR count). The van der Waals surface area contributed by atoms with Crippen molar-refractivity contribution in [3.8, 4) is 22.7 Å². The fraction of sp³-hybridized carbons (Fsp3) is 0.267. The Balaban J connectivity index is 1.49. The Morgan fingerprint density at radius 3 is 2.24 bits per heavy atom. The van der Waals surface area contributed by atoms with Crippen LogP contribution in [-0.2, 0) is 4.74 Å². The number of para-hydroxylation sites is 1. The van der Waals surface area contributed by atoms with E-state index >= 15 is 0 Å². The number of carbonyl (C=O) groups is 1. The molecule has 8 heteroatoms. The highest BCUT2D eigenvalue weighted by molar-refractivity contribution is 9.10. The summed E-state index contributed by atoms with van der Waals surface area (Å²) in [6.45, 7) is 8.59. The van der Waals surface area contributed by atoms with Gasteiger partial charge in [-0.3, -0.25) is 4.79 Å². The monoisotopic (exact) mass is 576 g/mol. The second kappa shape index (κ2) is 11.5. The van der Waals surface area contributed by atoms with E-state index in [1.54, 1.807) is 10.9 Å². The maximum Gasteiger partial charge on any atom is 0.259 e. The van der Waals surface area contributed by atoms with Crippen molar-refractivity contribution in [2.24, 2.45) is 5.73 Å². The van der Waals surface area contributed by atoms with E-state index in [9.17, 15) is 4.79 Å². The Morgan fingerprint density at radius 1 is 0.947 bits per heavy atom. The Hall–Kier alpha value is -3.46. The standard InChI is InChI=1S/C30H33BrN4O3/c1-29(2,32)19-37-20-30(3,4)38-25-16-14-23(15-17-25)33-28(36)26-18-35(24-8-6-5-7-9-24)34-27(26)21-10-12-22(31)13-11-21/h5-18H,19-20,32H2,1-4H3,(H,33,36). The van der Waals surface area contributed by atoms with Crippen LogP contribution in [0.15, 0.2) is 89.5 Å². The molecule has 38 heavy (non-hydrogen) atoms. The Morgan fingerprint density at radius 2 is 1.61 bits per heavy atom. The number of hydrogen-bond acceptors (Lipinski definition) is 5. The van der Waals surface area contributed by atoms with Gasteiger partial charge in [0.2, 0.25) is 0 Å². The van der Waals surface area contributed by atoms with Gasteiger partial charge in [-0.1, -0.05) is 46.3 Å². The molecule has 1 heterocycles. The number of rotatable bonds is 10. The predicted octanol–water partition coefficient (Wildman–Crippen LogP) is 6.47. The van der Waals surface area contributed by atoms with Gasteiger partial charge in [-0.25, -0.2) is 4.68 Å². The quantitative estimate of drug-likeness (QED) is 0.226. The van der Waals surface area contributed by atoms with E-state index in [1.165, 1.54) is 0 Å². The van der Waals surface area contributed by atoms with Crippen LogP contribution in [0.25, 0.3) is 16.9 Å². The largest absolute Gasteiger partial charge is 0.485 e. The summed E-state index contributed by atoms with van der Waals surface area (Å²) in [6.07, 6.45) is 1.75. The van der Waals surface area contributed by atoms with Crippen LogP contribution in [0.2, 0.25) is 0 Å². The zero-order valence-electron chi connectivity index (χ0n) is 22.1.